The van der Waals surface area contributed by atoms with E-state index in [9.17, 15) is 4.79 Å². The van der Waals surface area contributed by atoms with Crippen molar-refractivity contribution >= 4 is 5.91 Å². The number of fused-ring (bicyclic) bond motifs is 1. The van der Waals surface area contributed by atoms with E-state index in [0.29, 0.717) is 12.6 Å². The van der Waals surface area contributed by atoms with Crippen molar-refractivity contribution in [1.82, 2.24) is 24.9 Å². The van der Waals surface area contributed by atoms with E-state index < -0.39 is 0 Å². The SMILES string of the molecule is O=C1Cn2nccc2CCN1C1CN(CC2CCNCC2)C1. The van der Waals surface area contributed by atoms with Crippen LogP contribution in [0.5, 0.6) is 0 Å². The lowest BCUT2D eigenvalue weighted by Gasteiger charge is -2.46. The first-order valence-electron chi connectivity index (χ1n) is 8.53. The minimum Gasteiger partial charge on any atom is -0.335 e. The summed E-state index contributed by atoms with van der Waals surface area (Å²) in [4.78, 5) is 17.1. The van der Waals surface area contributed by atoms with Crippen LogP contribution in [0.2, 0.25) is 0 Å². The Kier molecular flexibility index (Phi) is 3.88. The smallest absolute Gasteiger partial charge is 0.244 e. The number of aromatic nitrogens is 2. The van der Waals surface area contributed by atoms with Crippen LogP contribution in [0, 0.1) is 5.92 Å². The second-order valence-electron chi connectivity index (χ2n) is 6.88. The van der Waals surface area contributed by atoms with Crippen molar-refractivity contribution in [2.45, 2.75) is 31.8 Å². The first-order valence-corrected chi connectivity index (χ1v) is 8.53. The molecule has 1 aromatic rings. The standard InChI is InChI=1S/C16H25N5O/c22-16-12-21-14(3-7-18-21)4-8-20(16)15-10-19(11-15)9-13-1-5-17-6-2-13/h3,7,13,15,17H,1-2,4-6,8-12H2. The van der Waals surface area contributed by atoms with Gasteiger partial charge in [-0.15, -0.1) is 0 Å². The number of nitrogens with zero attached hydrogens (tertiary/aromatic N) is 4. The number of carbonyl (C=O) groups is 1. The molecule has 0 spiro atoms. The molecule has 0 bridgehead atoms. The van der Waals surface area contributed by atoms with Crippen molar-refractivity contribution in [3.8, 4) is 0 Å². The zero-order valence-electron chi connectivity index (χ0n) is 13.1. The monoisotopic (exact) mass is 303 g/mol. The van der Waals surface area contributed by atoms with Gasteiger partial charge in [-0.05, 0) is 37.9 Å². The molecule has 22 heavy (non-hydrogen) atoms. The molecule has 4 rings (SSSR count). The summed E-state index contributed by atoms with van der Waals surface area (Å²) in [6.45, 7) is 6.90. The Hall–Kier alpha value is -1.40. The van der Waals surface area contributed by atoms with Crippen LogP contribution in [0.1, 0.15) is 18.5 Å². The lowest BCUT2D eigenvalue weighted by atomic mass is 9.95. The first kappa shape index (κ1) is 14.2. The fourth-order valence-electron chi connectivity index (χ4n) is 4.00. The Morgan fingerprint density at radius 3 is 2.91 bits per heavy atom. The fraction of sp³-hybridized carbons (Fsp3) is 0.750. The number of carbonyl (C=O) groups excluding carboxylic acids is 1. The normalized spacial score (nSPS) is 24.9. The molecule has 0 aromatic carbocycles. The van der Waals surface area contributed by atoms with Gasteiger partial charge in [0.1, 0.15) is 6.54 Å². The second kappa shape index (κ2) is 6.01. The Bertz CT molecular complexity index is 530. The van der Waals surface area contributed by atoms with Crippen LogP contribution < -0.4 is 5.32 Å². The van der Waals surface area contributed by atoms with Gasteiger partial charge in [0.15, 0.2) is 0 Å². The maximum atomic E-state index is 12.4. The van der Waals surface area contributed by atoms with Crippen LogP contribution in [-0.2, 0) is 17.8 Å². The molecule has 2 fully saturated rings. The van der Waals surface area contributed by atoms with E-state index in [4.69, 9.17) is 0 Å². The van der Waals surface area contributed by atoms with Crippen LogP contribution >= 0.6 is 0 Å². The number of rotatable bonds is 3. The quantitative estimate of drug-likeness (QED) is 0.851. The van der Waals surface area contributed by atoms with E-state index in [1.807, 2.05) is 10.7 Å². The molecule has 0 atom stereocenters. The third-order valence-corrected chi connectivity index (χ3v) is 5.37. The third-order valence-electron chi connectivity index (χ3n) is 5.37. The molecule has 4 heterocycles. The molecule has 3 aliphatic heterocycles. The molecule has 0 unspecified atom stereocenters. The van der Waals surface area contributed by atoms with Crippen molar-refractivity contribution in [2.24, 2.45) is 5.92 Å². The van der Waals surface area contributed by atoms with Crippen molar-refractivity contribution in [3.63, 3.8) is 0 Å². The molecular weight excluding hydrogens is 278 g/mol. The zero-order chi connectivity index (χ0) is 14.9. The lowest BCUT2D eigenvalue weighted by molar-refractivity contribution is -0.137. The number of piperidine rings is 1. The molecule has 0 radical (unpaired) electrons. The summed E-state index contributed by atoms with van der Waals surface area (Å²) in [5.41, 5.74) is 1.18. The molecule has 6 heteroatoms. The molecule has 2 saturated heterocycles. The van der Waals surface area contributed by atoms with E-state index in [1.54, 1.807) is 6.20 Å². The van der Waals surface area contributed by atoms with Crippen molar-refractivity contribution in [1.29, 1.82) is 0 Å². The fourth-order valence-corrected chi connectivity index (χ4v) is 4.00. The van der Waals surface area contributed by atoms with E-state index in [2.05, 4.69) is 20.2 Å². The highest BCUT2D eigenvalue weighted by molar-refractivity contribution is 5.77. The Balaban J connectivity index is 1.29. The van der Waals surface area contributed by atoms with E-state index in [1.165, 1.54) is 25.1 Å². The van der Waals surface area contributed by atoms with Crippen LogP contribution in [0.4, 0.5) is 0 Å². The van der Waals surface area contributed by atoms with Crippen LogP contribution in [0.25, 0.3) is 0 Å². The number of nitrogens with one attached hydrogen (secondary N) is 1. The van der Waals surface area contributed by atoms with Gasteiger partial charge >= 0.3 is 0 Å². The highest BCUT2D eigenvalue weighted by Crippen LogP contribution is 2.22. The minimum absolute atomic E-state index is 0.231. The average Bonchev–Trinajstić information content (AvgIpc) is 2.86. The Labute approximate surface area is 131 Å². The van der Waals surface area contributed by atoms with Gasteiger partial charge in [-0.2, -0.15) is 5.10 Å². The molecule has 1 N–H and O–H groups in total. The van der Waals surface area contributed by atoms with Crippen molar-refractivity contribution < 1.29 is 4.79 Å². The summed E-state index contributed by atoms with van der Waals surface area (Å²) >= 11 is 0. The summed E-state index contributed by atoms with van der Waals surface area (Å²) < 4.78 is 1.85. The number of amides is 1. The van der Waals surface area contributed by atoms with Crippen LogP contribution in [0.3, 0.4) is 0 Å². The van der Waals surface area contributed by atoms with Gasteiger partial charge in [-0.25, -0.2) is 0 Å². The Morgan fingerprint density at radius 1 is 1.27 bits per heavy atom. The topological polar surface area (TPSA) is 53.4 Å². The molecule has 120 valence electrons. The second-order valence-corrected chi connectivity index (χ2v) is 6.88. The predicted octanol–water partition coefficient (Wildman–Crippen LogP) is -0.0484. The summed E-state index contributed by atoms with van der Waals surface area (Å²) in [6.07, 6.45) is 5.31. The lowest BCUT2D eigenvalue weighted by Crippen LogP contribution is -2.62. The largest absolute Gasteiger partial charge is 0.335 e. The average molecular weight is 303 g/mol. The van der Waals surface area contributed by atoms with Crippen molar-refractivity contribution in [2.75, 3.05) is 39.3 Å². The zero-order valence-corrected chi connectivity index (χ0v) is 13.1. The van der Waals surface area contributed by atoms with Crippen LogP contribution in [0.15, 0.2) is 12.3 Å². The molecule has 1 aromatic heterocycles. The summed E-state index contributed by atoms with van der Waals surface area (Å²) in [5, 5.41) is 7.67. The van der Waals surface area contributed by atoms with Gasteiger partial charge in [-0.1, -0.05) is 0 Å². The van der Waals surface area contributed by atoms with E-state index >= 15 is 0 Å². The molecule has 0 aliphatic carbocycles. The highest BCUT2D eigenvalue weighted by atomic mass is 16.2. The Morgan fingerprint density at radius 2 is 2.09 bits per heavy atom. The van der Waals surface area contributed by atoms with Gasteiger partial charge in [0, 0.05) is 44.5 Å². The number of hydrogen-bond acceptors (Lipinski definition) is 4. The number of hydrogen-bond donors (Lipinski definition) is 1. The molecular formula is C16H25N5O. The number of likely N-dealkylation sites (tertiary alicyclic amines) is 1. The van der Waals surface area contributed by atoms with Gasteiger partial charge in [0.05, 0.1) is 6.04 Å². The van der Waals surface area contributed by atoms with E-state index in [-0.39, 0.29) is 5.91 Å². The molecule has 1 amide bonds. The predicted molar refractivity (Wildman–Crippen MR) is 83.5 cm³/mol. The third kappa shape index (κ3) is 2.77. The maximum Gasteiger partial charge on any atom is 0.244 e. The first-order chi connectivity index (χ1) is 10.8. The summed E-state index contributed by atoms with van der Waals surface area (Å²) in [6, 6.07) is 2.44. The van der Waals surface area contributed by atoms with Gasteiger partial charge in [0.25, 0.3) is 0 Å². The van der Waals surface area contributed by atoms with Gasteiger partial charge in [-0.3, -0.25) is 14.4 Å². The molecule has 0 saturated carbocycles. The van der Waals surface area contributed by atoms with Crippen molar-refractivity contribution in [3.05, 3.63) is 18.0 Å². The molecule has 6 nitrogen and oxygen atoms in total. The van der Waals surface area contributed by atoms with Crippen LogP contribution in [-0.4, -0.2) is 70.8 Å². The summed E-state index contributed by atoms with van der Waals surface area (Å²) in [7, 11) is 0. The van der Waals surface area contributed by atoms with E-state index in [0.717, 1.165) is 45.1 Å². The highest BCUT2D eigenvalue weighted by Gasteiger charge is 2.36. The minimum atomic E-state index is 0.231. The van der Waals surface area contributed by atoms with Gasteiger partial charge < -0.3 is 10.2 Å². The van der Waals surface area contributed by atoms with Gasteiger partial charge in [0.2, 0.25) is 5.91 Å². The molecule has 3 aliphatic rings. The maximum absolute atomic E-state index is 12.4. The summed E-state index contributed by atoms with van der Waals surface area (Å²) in [5.74, 6) is 1.07.